The van der Waals surface area contributed by atoms with E-state index < -0.39 is 0 Å². The van der Waals surface area contributed by atoms with Crippen molar-refractivity contribution in [1.82, 2.24) is 4.98 Å². The number of hydrogen-bond donors (Lipinski definition) is 1. The Balaban J connectivity index is 1.54. The minimum absolute atomic E-state index is 0.126. The van der Waals surface area contributed by atoms with Gasteiger partial charge in [0.05, 0.1) is 0 Å². The molecule has 2 aliphatic carbocycles. The molecule has 1 heterocycles. The highest BCUT2D eigenvalue weighted by Gasteiger charge is 2.40. The van der Waals surface area contributed by atoms with Gasteiger partial charge in [-0.3, -0.25) is 4.79 Å². The van der Waals surface area contributed by atoms with Crippen molar-refractivity contribution in [3.05, 3.63) is 24.4 Å². The van der Waals surface area contributed by atoms with Crippen LogP contribution in [-0.2, 0) is 4.79 Å². The summed E-state index contributed by atoms with van der Waals surface area (Å²) in [6, 6.07) is 5.57. The zero-order valence-electron chi connectivity index (χ0n) is 9.93. The van der Waals surface area contributed by atoms with Gasteiger partial charge in [-0.05, 0) is 49.1 Å². The van der Waals surface area contributed by atoms with Crippen molar-refractivity contribution >= 4 is 11.7 Å². The molecule has 3 atom stereocenters. The summed E-state index contributed by atoms with van der Waals surface area (Å²) in [7, 11) is 0. The van der Waals surface area contributed by atoms with E-state index >= 15 is 0 Å². The minimum atomic E-state index is 0.126. The molecular weight excluding hydrogens is 212 g/mol. The number of pyridine rings is 1. The lowest BCUT2D eigenvalue weighted by Crippen LogP contribution is -2.20. The molecule has 2 aliphatic rings. The number of carbonyl (C=O) groups excluding carboxylic acids is 1. The first-order valence-corrected chi connectivity index (χ1v) is 6.52. The van der Waals surface area contributed by atoms with E-state index in [1.165, 1.54) is 25.7 Å². The highest BCUT2D eigenvalue weighted by molar-refractivity contribution is 5.89. The molecule has 1 aromatic heterocycles. The van der Waals surface area contributed by atoms with Crippen molar-refractivity contribution in [3.8, 4) is 0 Å². The predicted octanol–water partition coefficient (Wildman–Crippen LogP) is 2.85. The van der Waals surface area contributed by atoms with Crippen molar-refractivity contribution in [3.63, 3.8) is 0 Å². The second-order valence-corrected chi connectivity index (χ2v) is 5.40. The van der Waals surface area contributed by atoms with Gasteiger partial charge < -0.3 is 5.32 Å². The maximum absolute atomic E-state index is 11.9. The summed E-state index contributed by atoms with van der Waals surface area (Å²) < 4.78 is 0. The van der Waals surface area contributed by atoms with Crippen molar-refractivity contribution in [1.29, 1.82) is 0 Å². The fraction of sp³-hybridized carbons (Fsp3) is 0.571. The topological polar surface area (TPSA) is 42.0 Å². The van der Waals surface area contributed by atoms with Gasteiger partial charge in [-0.1, -0.05) is 12.5 Å². The quantitative estimate of drug-likeness (QED) is 0.867. The number of amides is 1. The number of fused-ring (bicyclic) bond motifs is 2. The van der Waals surface area contributed by atoms with Crippen molar-refractivity contribution in [2.45, 2.75) is 32.1 Å². The van der Waals surface area contributed by atoms with Crippen LogP contribution in [0, 0.1) is 17.8 Å². The van der Waals surface area contributed by atoms with Crippen LogP contribution in [-0.4, -0.2) is 10.9 Å². The van der Waals surface area contributed by atoms with Crippen LogP contribution in [0.15, 0.2) is 24.4 Å². The molecule has 3 nitrogen and oxygen atoms in total. The molecular formula is C14H18N2O. The van der Waals surface area contributed by atoms with Crippen LogP contribution in [0.2, 0.25) is 0 Å². The van der Waals surface area contributed by atoms with Crippen LogP contribution in [0.1, 0.15) is 32.1 Å². The Bertz CT molecular complexity index is 404. The smallest absolute Gasteiger partial charge is 0.225 e. The average molecular weight is 230 g/mol. The molecule has 17 heavy (non-hydrogen) atoms. The molecule has 2 fully saturated rings. The van der Waals surface area contributed by atoms with Crippen LogP contribution in [0.25, 0.3) is 0 Å². The van der Waals surface area contributed by atoms with E-state index in [1.54, 1.807) is 6.20 Å². The standard InChI is InChI=1S/C14H18N2O/c17-14(16-13-3-1-2-6-15-13)9-12-8-10-4-5-11(12)7-10/h1-3,6,10-12H,4-5,7-9H2,(H,15,16,17). The van der Waals surface area contributed by atoms with E-state index in [0.29, 0.717) is 18.2 Å². The lowest BCUT2D eigenvalue weighted by atomic mass is 9.86. The second kappa shape index (κ2) is 4.47. The van der Waals surface area contributed by atoms with Gasteiger partial charge in [0.15, 0.2) is 0 Å². The molecule has 0 spiro atoms. The Morgan fingerprint density at radius 1 is 1.35 bits per heavy atom. The maximum Gasteiger partial charge on any atom is 0.225 e. The third-order valence-electron chi connectivity index (χ3n) is 4.26. The minimum Gasteiger partial charge on any atom is -0.311 e. The van der Waals surface area contributed by atoms with Crippen LogP contribution in [0.4, 0.5) is 5.82 Å². The number of hydrogen-bond acceptors (Lipinski definition) is 2. The van der Waals surface area contributed by atoms with E-state index in [1.807, 2.05) is 18.2 Å². The summed E-state index contributed by atoms with van der Waals surface area (Å²) in [5.74, 6) is 3.14. The van der Waals surface area contributed by atoms with Gasteiger partial charge in [0.1, 0.15) is 5.82 Å². The highest BCUT2D eigenvalue weighted by Crippen LogP contribution is 2.49. The summed E-state index contributed by atoms with van der Waals surface area (Å²) in [6.45, 7) is 0. The Labute approximate surface area is 102 Å². The fourth-order valence-electron chi connectivity index (χ4n) is 3.50. The summed E-state index contributed by atoms with van der Waals surface area (Å²) in [6.07, 6.45) is 7.74. The monoisotopic (exact) mass is 230 g/mol. The third-order valence-corrected chi connectivity index (χ3v) is 4.26. The van der Waals surface area contributed by atoms with Crippen molar-refractivity contribution < 1.29 is 4.79 Å². The van der Waals surface area contributed by atoms with Crippen LogP contribution in [0.3, 0.4) is 0 Å². The molecule has 1 amide bonds. The third kappa shape index (κ3) is 2.33. The number of aromatic nitrogens is 1. The number of carbonyl (C=O) groups is 1. The van der Waals surface area contributed by atoms with Gasteiger partial charge in [0.2, 0.25) is 5.91 Å². The summed E-state index contributed by atoms with van der Waals surface area (Å²) in [4.78, 5) is 16.0. The number of rotatable bonds is 3. The van der Waals surface area contributed by atoms with Gasteiger partial charge in [-0.25, -0.2) is 4.98 Å². The molecule has 0 radical (unpaired) electrons. The van der Waals surface area contributed by atoms with Gasteiger partial charge in [-0.2, -0.15) is 0 Å². The Hall–Kier alpha value is -1.38. The number of nitrogens with zero attached hydrogens (tertiary/aromatic N) is 1. The van der Waals surface area contributed by atoms with Gasteiger partial charge in [-0.15, -0.1) is 0 Å². The van der Waals surface area contributed by atoms with E-state index in [4.69, 9.17) is 0 Å². The van der Waals surface area contributed by atoms with Gasteiger partial charge in [0.25, 0.3) is 0 Å². The largest absolute Gasteiger partial charge is 0.311 e. The second-order valence-electron chi connectivity index (χ2n) is 5.40. The van der Waals surface area contributed by atoms with E-state index in [-0.39, 0.29) is 5.91 Å². The Kier molecular flexibility index (Phi) is 2.83. The Morgan fingerprint density at radius 2 is 2.29 bits per heavy atom. The summed E-state index contributed by atoms with van der Waals surface area (Å²) >= 11 is 0. The first-order chi connectivity index (χ1) is 8.31. The number of nitrogens with one attached hydrogen (secondary N) is 1. The lowest BCUT2D eigenvalue weighted by molar-refractivity contribution is -0.117. The van der Waals surface area contributed by atoms with Crippen LogP contribution < -0.4 is 5.32 Å². The molecule has 2 saturated carbocycles. The maximum atomic E-state index is 11.9. The average Bonchev–Trinajstić information content (AvgIpc) is 2.92. The predicted molar refractivity (Wildman–Crippen MR) is 66.4 cm³/mol. The van der Waals surface area contributed by atoms with Crippen molar-refractivity contribution in [2.24, 2.45) is 17.8 Å². The molecule has 0 saturated heterocycles. The van der Waals surface area contributed by atoms with Crippen LogP contribution >= 0.6 is 0 Å². The first-order valence-electron chi connectivity index (χ1n) is 6.52. The number of anilines is 1. The van der Waals surface area contributed by atoms with Crippen LogP contribution in [0.5, 0.6) is 0 Å². The molecule has 2 bridgehead atoms. The SMILES string of the molecule is O=C(CC1CC2CCC1C2)Nc1ccccn1. The van der Waals surface area contributed by atoms with Crippen molar-refractivity contribution in [2.75, 3.05) is 5.32 Å². The zero-order chi connectivity index (χ0) is 11.7. The molecule has 1 N–H and O–H groups in total. The highest BCUT2D eigenvalue weighted by atomic mass is 16.1. The first kappa shape index (κ1) is 10.8. The fourth-order valence-corrected chi connectivity index (χ4v) is 3.50. The summed E-state index contributed by atoms with van der Waals surface area (Å²) in [5, 5.41) is 2.88. The van der Waals surface area contributed by atoms with Gasteiger partial charge >= 0.3 is 0 Å². The molecule has 3 rings (SSSR count). The molecule has 1 aromatic rings. The molecule has 0 aromatic carbocycles. The van der Waals surface area contributed by atoms with E-state index in [2.05, 4.69) is 10.3 Å². The molecule has 90 valence electrons. The Morgan fingerprint density at radius 3 is 2.94 bits per heavy atom. The normalized spacial score (nSPS) is 30.5. The van der Waals surface area contributed by atoms with E-state index in [0.717, 1.165) is 11.8 Å². The molecule has 3 heteroatoms. The zero-order valence-corrected chi connectivity index (χ0v) is 9.93. The van der Waals surface area contributed by atoms with E-state index in [9.17, 15) is 4.79 Å². The lowest BCUT2D eigenvalue weighted by Gasteiger charge is -2.20. The summed E-state index contributed by atoms with van der Waals surface area (Å²) in [5.41, 5.74) is 0. The molecule has 3 unspecified atom stereocenters. The molecule has 0 aliphatic heterocycles. The van der Waals surface area contributed by atoms with Gasteiger partial charge in [0, 0.05) is 12.6 Å².